The Morgan fingerprint density at radius 1 is 0.793 bits per heavy atom. The largest absolute Gasteiger partial charge is 0.340 e. The van der Waals surface area contributed by atoms with Crippen molar-refractivity contribution in [1.82, 2.24) is 9.97 Å². The van der Waals surface area contributed by atoms with Crippen LogP contribution in [0, 0.1) is 0 Å². The van der Waals surface area contributed by atoms with Crippen molar-refractivity contribution in [3.63, 3.8) is 0 Å². The molecular weight excluding hydrogens is 370 g/mol. The summed E-state index contributed by atoms with van der Waals surface area (Å²) in [7, 11) is 0. The Kier molecular flexibility index (Phi) is 5.94. The van der Waals surface area contributed by atoms with E-state index in [9.17, 15) is 14.4 Å². The van der Waals surface area contributed by atoms with Crippen LogP contribution in [0.3, 0.4) is 0 Å². The van der Waals surface area contributed by atoms with Gasteiger partial charge in [0.25, 0.3) is 5.91 Å². The Balaban J connectivity index is 1.70. The number of carbonyl (C=O) groups excluding carboxylic acids is 3. The van der Waals surface area contributed by atoms with Crippen molar-refractivity contribution in [3.8, 4) is 0 Å². The lowest BCUT2D eigenvalue weighted by atomic mass is 10.1. The van der Waals surface area contributed by atoms with E-state index >= 15 is 0 Å². The molecule has 0 spiro atoms. The number of hydrogen-bond acceptors (Lipinski definition) is 6. The molecule has 0 aliphatic heterocycles. The van der Waals surface area contributed by atoms with E-state index in [4.69, 9.17) is 0 Å². The summed E-state index contributed by atoms with van der Waals surface area (Å²) in [6, 6.07) is 15.3. The number of hydrogen-bond donors (Lipinski definition) is 3. The lowest BCUT2D eigenvalue weighted by Gasteiger charge is -2.09. The smallest absolute Gasteiger partial charge is 0.274 e. The van der Waals surface area contributed by atoms with Gasteiger partial charge < -0.3 is 16.0 Å². The SMILES string of the molecule is CC(=O)Nc1ccc(Nc2cc(C(=O)Nc3cccc(C(C)=O)c3)ncn2)cc1. The second-order valence-electron chi connectivity index (χ2n) is 6.26. The molecule has 0 fully saturated rings. The van der Waals surface area contributed by atoms with Crippen molar-refractivity contribution in [1.29, 1.82) is 0 Å². The van der Waals surface area contributed by atoms with Crippen molar-refractivity contribution in [2.45, 2.75) is 13.8 Å². The maximum Gasteiger partial charge on any atom is 0.274 e. The fourth-order valence-corrected chi connectivity index (χ4v) is 2.55. The molecule has 8 nitrogen and oxygen atoms in total. The van der Waals surface area contributed by atoms with Gasteiger partial charge in [0.1, 0.15) is 17.8 Å². The number of Topliss-reactive ketones (excluding diaryl/α,β-unsaturated/α-hetero) is 1. The predicted octanol–water partition coefficient (Wildman–Crippen LogP) is 3.63. The van der Waals surface area contributed by atoms with E-state index in [1.807, 2.05) is 0 Å². The minimum Gasteiger partial charge on any atom is -0.340 e. The third kappa shape index (κ3) is 5.46. The fraction of sp³-hybridized carbons (Fsp3) is 0.0952. The van der Waals surface area contributed by atoms with E-state index in [1.165, 1.54) is 26.2 Å². The van der Waals surface area contributed by atoms with Crippen LogP contribution in [0.25, 0.3) is 0 Å². The number of amides is 2. The van der Waals surface area contributed by atoms with Gasteiger partial charge in [-0.2, -0.15) is 0 Å². The first-order valence-electron chi connectivity index (χ1n) is 8.80. The van der Waals surface area contributed by atoms with Gasteiger partial charge in [-0.25, -0.2) is 9.97 Å². The van der Waals surface area contributed by atoms with Crippen molar-refractivity contribution >= 4 is 40.5 Å². The van der Waals surface area contributed by atoms with Gasteiger partial charge in [-0.1, -0.05) is 12.1 Å². The van der Waals surface area contributed by atoms with E-state index in [-0.39, 0.29) is 17.4 Å². The molecule has 0 aliphatic carbocycles. The molecule has 3 N–H and O–H groups in total. The fourth-order valence-electron chi connectivity index (χ4n) is 2.55. The van der Waals surface area contributed by atoms with Gasteiger partial charge in [0.2, 0.25) is 5.91 Å². The zero-order valence-electron chi connectivity index (χ0n) is 15.9. The van der Waals surface area contributed by atoms with Gasteiger partial charge in [0, 0.05) is 35.6 Å². The zero-order valence-corrected chi connectivity index (χ0v) is 15.9. The molecule has 0 bridgehead atoms. The molecule has 146 valence electrons. The van der Waals surface area contributed by atoms with Crippen LogP contribution in [-0.2, 0) is 4.79 Å². The molecule has 0 saturated heterocycles. The normalized spacial score (nSPS) is 10.1. The highest BCUT2D eigenvalue weighted by atomic mass is 16.2. The lowest BCUT2D eigenvalue weighted by molar-refractivity contribution is -0.114. The van der Waals surface area contributed by atoms with Crippen LogP contribution in [0.1, 0.15) is 34.7 Å². The number of nitrogens with one attached hydrogen (secondary N) is 3. The number of rotatable bonds is 6. The highest BCUT2D eigenvalue weighted by molar-refractivity contribution is 6.04. The molecular formula is C21H19N5O3. The predicted molar refractivity (Wildman–Crippen MR) is 110 cm³/mol. The number of aromatic nitrogens is 2. The highest BCUT2D eigenvalue weighted by Gasteiger charge is 2.10. The zero-order chi connectivity index (χ0) is 20.8. The van der Waals surface area contributed by atoms with E-state index < -0.39 is 5.91 Å². The number of anilines is 4. The van der Waals surface area contributed by atoms with Gasteiger partial charge in [-0.15, -0.1) is 0 Å². The molecule has 0 unspecified atom stereocenters. The topological polar surface area (TPSA) is 113 Å². The first-order chi connectivity index (χ1) is 13.9. The quantitative estimate of drug-likeness (QED) is 0.555. The molecule has 3 rings (SSSR count). The first kappa shape index (κ1) is 19.7. The van der Waals surface area contributed by atoms with Crippen LogP contribution in [-0.4, -0.2) is 27.6 Å². The number of ketones is 1. The first-order valence-corrected chi connectivity index (χ1v) is 8.80. The molecule has 8 heteroatoms. The van der Waals surface area contributed by atoms with Crippen LogP contribution >= 0.6 is 0 Å². The van der Waals surface area contributed by atoms with Crippen molar-refractivity contribution in [2.75, 3.05) is 16.0 Å². The van der Waals surface area contributed by atoms with Gasteiger partial charge in [0.15, 0.2) is 5.78 Å². The molecule has 2 aromatic carbocycles. The molecule has 0 saturated carbocycles. The number of benzene rings is 2. The summed E-state index contributed by atoms with van der Waals surface area (Å²) < 4.78 is 0. The van der Waals surface area contributed by atoms with Gasteiger partial charge in [0.05, 0.1) is 0 Å². The Morgan fingerprint density at radius 2 is 1.52 bits per heavy atom. The molecule has 3 aromatic rings. The Labute approximate surface area is 167 Å². The summed E-state index contributed by atoms with van der Waals surface area (Å²) in [4.78, 5) is 43.2. The molecule has 0 aliphatic rings. The third-order valence-corrected chi connectivity index (χ3v) is 3.90. The number of carbonyl (C=O) groups is 3. The van der Waals surface area contributed by atoms with Crippen molar-refractivity contribution < 1.29 is 14.4 Å². The second kappa shape index (κ2) is 8.75. The van der Waals surface area contributed by atoms with E-state index in [0.717, 1.165) is 5.69 Å². The van der Waals surface area contributed by atoms with Crippen LogP contribution in [0.4, 0.5) is 22.9 Å². The molecule has 2 amide bonds. The van der Waals surface area contributed by atoms with Gasteiger partial charge in [-0.3, -0.25) is 14.4 Å². The second-order valence-corrected chi connectivity index (χ2v) is 6.26. The summed E-state index contributed by atoms with van der Waals surface area (Å²) in [5, 5.41) is 8.49. The highest BCUT2D eigenvalue weighted by Crippen LogP contribution is 2.18. The summed E-state index contributed by atoms with van der Waals surface area (Å²) in [6.45, 7) is 2.90. The standard InChI is InChI=1S/C21H19N5O3/c1-13(27)15-4-3-5-18(10-15)26-21(29)19-11-20(23-12-22-19)25-17-8-6-16(7-9-17)24-14(2)28/h3-12H,1-2H3,(H,24,28)(H,26,29)(H,22,23,25). The summed E-state index contributed by atoms with van der Waals surface area (Å²) in [5.41, 5.74) is 2.60. The van der Waals surface area contributed by atoms with Crippen molar-refractivity contribution in [2.24, 2.45) is 0 Å². The molecule has 29 heavy (non-hydrogen) atoms. The minimum atomic E-state index is -0.419. The summed E-state index contributed by atoms with van der Waals surface area (Å²) >= 11 is 0. The molecule has 0 atom stereocenters. The van der Waals surface area contributed by atoms with Gasteiger partial charge in [-0.05, 0) is 43.3 Å². The Bertz CT molecular complexity index is 1060. The van der Waals surface area contributed by atoms with E-state index in [0.29, 0.717) is 22.8 Å². The minimum absolute atomic E-state index is 0.0841. The molecule has 1 aromatic heterocycles. The summed E-state index contributed by atoms with van der Waals surface area (Å²) in [5.74, 6) is -0.211. The van der Waals surface area contributed by atoms with Crippen LogP contribution < -0.4 is 16.0 Å². The summed E-state index contributed by atoms with van der Waals surface area (Å²) in [6.07, 6.45) is 1.29. The van der Waals surface area contributed by atoms with E-state index in [1.54, 1.807) is 48.5 Å². The maximum absolute atomic E-state index is 12.5. The van der Waals surface area contributed by atoms with E-state index in [2.05, 4.69) is 25.9 Å². The Hall–Kier alpha value is -4.07. The molecule has 0 radical (unpaired) electrons. The average Bonchev–Trinajstić information content (AvgIpc) is 2.69. The van der Waals surface area contributed by atoms with Crippen LogP contribution in [0.5, 0.6) is 0 Å². The third-order valence-electron chi connectivity index (χ3n) is 3.90. The monoisotopic (exact) mass is 389 g/mol. The van der Waals surface area contributed by atoms with Gasteiger partial charge >= 0.3 is 0 Å². The maximum atomic E-state index is 12.5. The van der Waals surface area contributed by atoms with Crippen LogP contribution in [0.15, 0.2) is 60.9 Å². The average molecular weight is 389 g/mol. The Morgan fingerprint density at radius 3 is 2.21 bits per heavy atom. The molecule has 1 heterocycles. The van der Waals surface area contributed by atoms with Crippen molar-refractivity contribution in [3.05, 3.63) is 72.2 Å². The number of nitrogens with zero attached hydrogens (tertiary/aromatic N) is 2. The lowest BCUT2D eigenvalue weighted by Crippen LogP contribution is -2.14. The van der Waals surface area contributed by atoms with Crippen LogP contribution in [0.2, 0.25) is 0 Å².